The summed E-state index contributed by atoms with van der Waals surface area (Å²) in [7, 11) is 3.65. The zero-order chi connectivity index (χ0) is 19.7. The second kappa shape index (κ2) is 7.40. The summed E-state index contributed by atoms with van der Waals surface area (Å²) in [5.74, 6) is -0.247. The van der Waals surface area contributed by atoms with E-state index in [0.29, 0.717) is 5.69 Å². The van der Waals surface area contributed by atoms with Gasteiger partial charge in [0.1, 0.15) is 6.54 Å². The molecule has 2 aromatic carbocycles. The lowest BCUT2D eigenvalue weighted by atomic mass is 10.3. The molecule has 0 fully saturated rings. The van der Waals surface area contributed by atoms with Gasteiger partial charge in [-0.2, -0.15) is 0 Å². The third-order valence-corrected chi connectivity index (χ3v) is 5.56. The number of rotatable bonds is 5. The Morgan fingerprint density at radius 2 is 1.79 bits per heavy atom. The largest absolute Gasteiger partial charge is 0.329 e. The molecule has 8 heteroatoms. The second-order valence-electron chi connectivity index (χ2n) is 6.41. The Kier molecular flexibility index (Phi) is 4.79. The van der Waals surface area contributed by atoms with E-state index in [1.165, 1.54) is 4.57 Å². The minimum atomic E-state index is -0.247. The maximum absolute atomic E-state index is 12.5. The highest BCUT2D eigenvalue weighted by atomic mass is 32.2. The van der Waals surface area contributed by atoms with Crippen LogP contribution in [0.3, 0.4) is 0 Å². The number of imidazole rings is 2. The Hall–Kier alpha value is -3.26. The molecule has 7 nitrogen and oxygen atoms in total. The van der Waals surface area contributed by atoms with Crippen LogP contribution in [0.1, 0.15) is 0 Å². The lowest BCUT2D eigenvalue weighted by molar-refractivity contribution is -0.116. The Morgan fingerprint density at radius 1 is 1.07 bits per heavy atom. The van der Waals surface area contributed by atoms with Crippen LogP contribution in [0.4, 0.5) is 5.69 Å². The Labute approximate surface area is 165 Å². The summed E-state index contributed by atoms with van der Waals surface area (Å²) < 4.78 is 4.98. The van der Waals surface area contributed by atoms with E-state index in [2.05, 4.69) is 10.3 Å². The number of nitrogens with one attached hydrogen (secondary N) is 1. The third kappa shape index (κ3) is 3.46. The summed E-state index contributed by atoms with van der Waals surface area (Å²) in [6.45, 7) is -0.0377. The maximum atomic E-state index is 12.5. The van der Waals surface area contributed by atoms with Gasteiger partial charge in [0.05, 0.1) is 11.0 Å². The molecule has 28 heavy (non-hydrogen) atoms. The fourth-order valence-electron chi connectivity index (χ4n) is 3.02. The first-order valence-corrected chi connectivity index (χ1v) is 9.54. The first-order chi connectivity index (χ1) is 13.5. The van der Waals surface area contributed by atoms with Crippen molar-refractivity contribution >= 4 is 34.4 Å². The molecule has 0 spiro atoms. The van der Waals surface area contributed by atoms with Crippen LogP contribution in [0.25, 0.3) is 11.0 Å². The first kappa shape index (κ1) is 18.1. The summed E-state index contributed by atoms with van der Waals surface area (Å²) in [6.07, 6.45) is 3.65. The van der Waals surface area contributed by atoms with Gasteiger partial charge in [0, 0.05) is 37.1 Å². The average Bonchev–Trinajstić information content (AvgIpc) is 3.20. The molecule has 0 bridgehead atoms. The van der Waals surface area contributed by atoms with Crippen LogP contribution in [-0.2, 0) is 25.4 Å². The highest BCUT2D eigenvalue weighted by Crippen LogP contribution is 2.26. The zero-order valence-corrected chi connectivity index (χ0v) is 16.3. The molecule has 142 valence electrons. The summed E-state index contributed by atoms with van der Waals surface area (Å²) >= 11 is 1.55. The predicted octanol–water partition coefficient (Wildman–Crippen LogP) is 2.86. The van der Waals surface area contributed by atoms with E-state index in [4.69, 9.17) is 0 Å². The van der Waals surface area contributed by atoms with Gasteiger partial charge in [0.2, 0.25) is 5.91 Å². The van der Waals surface area contributed by atoms with Crippen molar-refractivity contribution in [1.82, 2.24) is 18.7 Å². The molecule has 4 aromatic rings. The summed E-state index contributed by atoms with van der Waals surface area (Å²) in [5.41, 5.74) is 2.02. The monoisotopic (exact) mass is 393 g/mol. The van der Waals surface area contributed by atoms with Crippen LogP contribution in [0, 0.1) is 0 Å². The van der Waals surface area contributed by atoms with E-state index in [1.54, 1.807) is 29.6 Å². The topological polar surface area (TPSA) is 73.8 Å². The lowest BCUT2D eigenvalue weighted by Crippen LogP contribution is -2.28. The summed E-state index contributed by atoms with van der Waals surface area (Å²) in [5, 5.41) is 3.75. The molecule has 0 saturated heterocycles. The van der Waals surface area contributed by atoms with Crippen molar-refractivity contribution < 1.29 is 4.79 Å². The number of hydrogen-bond donors (Lipinski definition) is 1. The fourth-order valence-corrected chi connectivity index (χ4v) is 3.82. The SMILES string of the molecule is Cn1ccnc1Sc1ccc(NC(=O)Cn2c(=O)n(C)c3ccccc32)cc1. The van der Waals surface area contributed by atoms with Gasteiger partial charge in [-0.25, -0.2) is 9.78 Å². The Morgan fingerprint density at radius 3 is 2.46 bits per heavy atom. The standard InChI is InChI=1S/C20H19N5O2S/c1-23-12-11-21-19(23)28-15-9-7-14(8-10-15)22-18(26)13-25-17-6-4-3-5-16(17)24(2)20(25)27/h3-12H,13H2,1-2H3,(H,22,26). The first-order valence-electron chi connectivity index (χ1n) is 8.72. The Bertz CT molecular complexity index is 1200. The number of fused-ring (bicyclic) bond motifs is 1. The highest BCUT2D eigenvalue weighted by molar-refractivity contribution is 7.99. The van der Waals surface area contributed by atoms with Gasteiger partial charge in [-0.05, 0) is 36.4 Å². The van der Waals surface area contributed by atoms with E-state index in [1.807, 2.05) is 66.3 Å². The molecular weight excluding hydrogens is 374 g/mol. The van der Waals surface area contributed by atoms with E-state index in [-0.39, 0.29) is 18.1 Å². The zero-order valence-electron chi connectivity index (χ0n) is 15.5. The summed E-state index contributed by atoms with van der Waals surface area (Å²) in [4.78, 5) is 30.2. The number of amides is 1. The molecule has 0 atom stereocenters. The molecule has 2 heterocycles. The smallest absolute Gasteiger partial charge is 0.329 e. The number of nitrogens with zero attached hydrogens (tertiary/aromatic N) is 4. The highest BCUT2D eigenvalue weighted by Gasteiger charge is 2.13. The molecule has 0 aliphatic rings. The average molecular weight is 393 g/mol. The van der Waals surface area contributed by atoms with Crippen LogP contribution in [0.2, 0.25) is 0 Å². The van der Waals surface area contributed by atoms with Gasteiger partial charge in [-0.15, -0.1) is 0 Å². The lowest BCUT2D eigenvalue weighted by Gasteiger charge is -2.07. The van der Waals surface area contributed by atoms with Crippen molar-refractivity contribution in [2.75, 3.05) is 5.32 Å². The molecule has 0 saturated carbocycles. The van der Waals surface area contributed by atoms with Crippen LogP contribution < -0.4 is 11.0 Å². The predicted molar refractivity (Wildman–Crippen MR) is 110 cm³/mol. The van der Waals surface area contributed by atoms with Crippen LogP contribution in [-0.4, -0.2) is 24.6 Å². The van der Waals surface area contributed by atoms with Gasteiger partial charge in [-0.1, -0.05) is 23.9 Å². The van der Waals surface area contributed by atoms with Crippen molar-refractivity contribution in [3.63, 3.8) is 0 Å². The van der Waals surface area contributed by atoms with Crippen molar-refractivity contribution in [1.29, 1.82) is 0 Å². The fraction of sp³-hybridized carbons (Fsp3) is 0.150. The number of aromatic nitrogens is 4. The molecule has 0 unspecified atom stereocenters. The van der Waals surface area contributed by atoms with Crippen LogP contribution in [0.5, 0.6) is 0 Å². The van der Waals surface area contributed by atoms with Gasteiger partial charge in [-0.3, -0.25) is 13.9 Å². The molecule has 0 aliphatic carbocycles. The maximum Gasteiger partial charge on any atom is 0.329 e. The minimum absolute atomic E-state index is 0.0377. The molecule has 0 radical (unpaired) electrons. The molecular formula is C20H19N5O2S. The minimum Gasteiger partial charge on any atom is -0.329 e. The van der Waals surface area contributed by atoms with Crippen molar-refractivity contribution in [2.24, 2.45) is 14.1 Å². The number of hydrogen-bond acceptors (Lipinski definition) is 4. The number of aryl methyl sites for hydroxylation is 2. The normalized spacial score (nSPS) is 11.1. The number of benzene rings is 2. The Balaban J connectivity index is 1.47. The van der Waals surface area contributed by atoms with E-state index < -0.39 is 0 Å². The summed E-state index contributed by atoms with van der Waals surface area (Å²) in [6, 6.07) is 15.0. The van der Waals surface area contributed by atoms with Gasteiger partial charge >= 0.3 is 5.69 Å². The number of para-hydroxylation sites is 2. The second-order valence-corrected chi connectivity index (χ2v) is 7.45. The van der Waals surface area contributed by atoms with Crippen LogP contribution in [0.15, 0.2) is 75.8 Å². The molecule has 1 amide bonds. The molecule has 4 rings (SSSR count). The van der Waals surface area contributed by atoms with E-state index in [0.717, 1.165) is 21.1 Å². The van der Waals surface area contributed by atoms with E-state index >= 15 is 0 Å². The molecule has 2 aromatic heterocycles. The van der Waals surface area contributed by atoms with Gasteiger partial charge in [0.15, 0.2) is 5.16 Å². The third-order valence-electron chi connectivity index (χ3n) is 4.48. The molecule has 1 N–H and O–H groups in total. The van der Waals surface area contributed by atoms with E-state index in [9.17, 15) is 9.59 Å². The van der Waals surface area contributed by atoms with Crippen molar-refractivity contribution in [3.8, 4) is 0 Å². The van der Waals surface area contributed by atoms with Gasteiger partial charge in [0.25, 0.3) is 0 Å². The van der Waals surface area contributed by atoms with Crippen molar-refractivity contribution in [2.45, 2.75) is 16.6 Å². The van der Waals surface area contributed by atoms with Crippen LogP contribution >= 0.6 is 11.8 Å². The van der Waals surface area contributed by atoms with Gasteiger partial charge < -0.3 is 9.88 Å². The van der Waals surface area contributed by atoms with Crippen molar-refractivity contribution in [3.05, 3.63) is 71.4 Å². The number of carbonyl (C=O) groups is 1. The number of anilines is 1. The quantitative estimate of drug-likeness (QED) is 0.566. The molecule has 0 aliphatic heterocycles. The number of carbonyl (C=O) groups excluding carboxylic acids is 1.